The normalized spacial score (nSPS) is 23.9. The summed E-state index contributed by atoms with van der Waals surface area (Å²) >= 11 is 1.58. The van der Waals surface area contributed by atoms with Crippen LogP contribution in [-0.4, -0.2) is 106 Å². The van der Waals surface area contributed by atoms with E-state index in [0.29, 0.717) is 31.1 Å². The molecular weight excluding hydrogens is 761 g/mol. The number of sulfonamides is 1. The number of nitrogens with one attached hydrogen (secondary N) is 3. The maximum atomic E-state index is 14.8. The molecule has 7 rings (SSSR count). The van der Waals surface area contributed by atoms with Crippen molar-refractivity contribution < 1.29 is 42.2 Å². The smallest absolute Gasteiger partial charge is 0.408 e. The molecule has 1 saturated heterocycles. The van der Waals surface area contributed by atoms with Gasteiger partial charge in [-0.3, -0.25) is 28.8 Å². The third-order valence-electron chi connectivity index (χ3n) is 11.1. The summed E-state index contributed by atoms with van der Waals surface area (Å²) in [6.45, 7) is 6.67. The van der Waals surface area contributed by atoms with Crippen molar-refractivity contribution in [3.8, 4) is 16.3 Å². The van der Waals surface area contributed by atoms with E-state index in [-0.39, 0.29) is 31.8 Å². The molecule has 0 unspecified atom stereocenters. The summed E-state index contributed by atoms with van der Waals surface area (Å²) in [7, 11) is -3.95. The number of rotatable bonds is 15. The number of likely N-dealkylation sites (tertiary alicyclic amines) is 1. The Balaban J connectivity index is 1.21. The molecule has 0 radical (unpaired) electrons. The van der Waals surface area contributed by atoms with Crippen LogP contribution in [0.5, 0.6) is 5.88 Å². The summed E-state index contributed by atoms with van der Waals surface area (Å²) in [5.41, 5.74) is -0.678. The highest BCUT2D eigenvalue weighted by atomic mass is 32.2. The second-order valence-electron chi connectivity index (χ2n) is 14.8. The molecule has 15 nitrogen and oxygen atoms in total. The second kappa shape index (κ2) is 15.7. The largest absolute Gasteiger partial charge is 0.472 e. The molecule has 5 atom stereocenters. The quantitative estimate of drug-likeness (QED) is 0.130. The predicted molar refractivity (Wildman–Crippen MR) is 208 cm³/mol. The van der Waals surface area contributed by atoms with Crippen LogP contribution in [0.25, 0.3) is 21.2 Å². The molecule has 4 aliphatic rings. The Morgan fingerprint density at radius 2 is 1.88 bits per heavy atom. The number of benzene rings is 1. The molecule has 4 N–H and O–H groups in total. The number of nitrogens with zero attached hydrogens (tertiary/aromatic N) is 3. The highest BCUT2D eigenvalue weighted by Crippen LogP contribution is 2.45. The molecule has 3 aliphatic carbocycles. The van der Waals surface area contributed by atoms with Gasteiger partial charge in [-0.2, -0.15) is 0 Å². The molecule has 0 bridgehead atoms. The van der Waals surface area contributed by atoms with E-state index in [1.165, 1.54) is 11.0 Å². The van der Waals surface area contributed by atoms with Crippen molar-refractivity contribution in [2.75, 3.05) is 13.1 Å². The fourth-order valence-electron chi connectivity index (χ4n) is 7.88. The van der Waals surface area contributed by atoms with E-state index in [1.807, 2.05) is 41.8 Å². The molecule has 5 amide bonds. The lowest BCUT2D eigenvalue weighted by Gasteiger charge is -2.37. The lowest BCUT2D eigenvalue weighted by Crippen LogP contribution is -2.61. The lowest BCUT2D eigenvalue weighted by molar-refractivity contribution is -0.143. The third-order valence-corrected chi connectivity index (χ3v) is 13.9. The van der Waals surface area contributed by atoms with E-state index >= 15 is 0 Å². The number of carbonyl (C=O) groups excluding carboxylic acids is 4. The summed E-state index contributed by atoms with van der Waals surface area (Å²) in [5, 5.41) is 18.6. The van der Waals surface area contributed by atoms with Crippen LogP contribution in [0.4, 0.5) is 4.79 Å². The van der Waals surface area contributed by atoms with Crippen molar-refractivity contribution >= 4 is 61.9 Å². The summed E-state index contributed by atoms with van der Waals surface area (Å²) in [6.07, 6.45) is 5.34. The Labute approximate surface area is 328 Å². The molecule has 1 aliphatic heterocycles. The van der Waals surface area contributed by atoms with Crippen LogP contribution in [0.1, 0.15) is 51.4 Å². The van der Waals surface area contributed by atoms with Crippen molar-refractivity contribution in [3.63, 3.8) is 0 Å². The Hall–Kier alpha value is -5.29. The van der Waals surface area contributed by atoms with Crippen molar-refractivity contribution in [1.82, 2.24) is 30.1 Å². The maximum absolute atomic E-state index is 14.8. The highest BCUT2D eigenvalue weighted by molar-refractivity contribution is 7.91. The number of ether oxygens (including phenoxy) is 1. The Morgan fingerprint density at radius 3 is 2.52 bits per heavy atom. The molecule has 0 spiro atoms. The van der Waals surface area contributed by atoms with Crippen LogP contribution in [0.2, 0.25) is 0 Å². The number of pyridine rings is 1. The Morgan fingerprint density at radius 1 is 1.11 bits per heavy atom. The van der Waals surface area contributed by atoms with E-state index in [2.05, 4.69) is 33.5 Å². The summed E-state index contributed by atoms with van der Waals surface area (Å²) in [5.74, 6) is -3.32. The van der Waals surface area contributed by atoms with Gasteiger partial charge in [0.25, 0.3) is 5.91 Å². The minimum Gasteiger partial charge on any atom is -0.472 e. The van der Waals surface area contributed by atoms with E-state index in [4.69, 9.17) is 4.74 Å². The molecule has 17 heteroatoms. The number of fused-ring (bicyclic) bond motifs is 1. The van der Waals surface area contributed by atoms with Gasteiger partial charge in [0.1, 0.15) is 23.7 Å². The number of hydrogen-bond acceptors (Lipinski definition) is 10. The fraction of sp³-hybridized carbons (Fsp3) is 0.436. The summed E-state index contributed by atoms with van der Waals surface area (Å²) < 4.78 is 34.1. The topological polar surface area (TPSA) is 204 Å². The first-order valence-corrected chi connectivity index (χ1v) is 21.1. The molecule has 4 fully saturated rings. The van der Waals surface area contributed by atoms with Gasteiger partial charge in [0.15, 0.2) is 0 Å². The molecule has 1 aromatic carbocycles. The number of carboxylic acid groups (broad SMARTS) is 1. The number of thiophene rings is 1. The third kappa shape index (κ3) is 7.87. The number of carbonyl (C=O) groups is 5. The Bertz CT molecular complexity index is 2170. The molecule has 296 valence electrons. The van der Waals surface area contributed by atoms with Gasteiger partial charge < -0.3 is 25.4 Å². The SMILES string of the molecule is C=CC(=O)NC[C@@H](C(=O)N1C[C@H](Oc2nccc3ccc(-c4cccs4)cc23)C[C@H]1C(=O)N[C@]1(C(=O)NS(=O)(=O)C2CC2)C[C@H]1C=C)N(C(=O)O)C1CCCC1. The standard InChI is InChI=1S/C39H44N6O9S2/c1-3-25-20-39(25,37(49)43-56(52,53)28-13-14-28)42-34(47)30-19-27(54-35-29-18-24(32-10-7-17-55-32)12-11-23(29)15-16-40-35)22-44(30)36(48)31(21-41-33(46)4-2)45(38(50)51)26-8-5-6-9-26/h3-4,7,10-12,15-18,25-28,30-31H,1-2,5-6,8-9,13-14,19-22H2,(H,41,46)(H,42,47)(H,43,49)(H,50,51)/t25-,27-,30+,31+,39-/m1/s1. The van der Waals surface area contributed by atoms with Crippen LogP contribution in [-0.2, 0) is 29.2 Å². The molecule has 3 aromatic rings. The zero-order chi connectivity index (χ0) is 39.8. The van der Waals surface area contributed by atoms with Gasteiger partial charge in [-0.25, -0.2) is 18.2 Å². The van der Waals surface area contributed by atoms with Gasteiger partial charge in [0.2, 0.25) is 33.6 Å². The number of amides is 5. The van der Waals surface area contributed by atoms with Gasteiger partial charge in [-0.05, 0) is 72.7 Å². The predicted octanol–water partition coefficient (Wildman–Crippen LogP) is 3.57. The molecule has 3 saturated carbocycles. The van der Waals surface area contributed by atoms with E-state index < -0.39 is 80.7 Å². The molecule has 56 heavy (non-hydrogen) atoms. The average molecular weight is 805 g/mol. The number of hydrogen-bond donors (Lipinski definition) is 4. The van der Waals surface area contributed by atoms with Gasteiger partial charge in [-0.15, -0.1) is 17.9 Å². The van der Waals surface area contributed by atoms with Crippen molar-refractivity contribution in [2.24, 2.45) is 5.92 Å². The van der Waals surface area contributed by atoms with Crippen LogP contribution in [0.3, 0.4) is 0 Å². The zero-order valence-corrected chi connectivity index (χ0v) is 32.2. The highest BCUT2D eigenvalue weighted by Gasteiger charge is 2.62. The van der Waals surface area contributed by atoms with Gasteiger partial charge in [-0.1, -0.05) is 43.7 Å². The summed E-state index contributed by atoms with van der Waals surface area (Å²) in [6, 6.07) is 8.49. The van der Waals surface area contributed by atoms with Gasteiger partial charge >= 0.3 is 6.09 Å². The van der Waals surface area contributed by atoms with Crippen molar-refractivity contribution in [3.05, 3.63) is 73.3 Å². The Kier molecular flexibility index (Phi) is 10.9. The van der Waals surface area contributed by atoms with Crippen LogP contribution in [0.15, 0.2) is 73.3 Å². The van der Waals surface area contributed by atoms with E-state index in [1.54, 1.807) is 17.5 Å². The number of aromatic nitrogens is 1. The van der Waals surface area contributed by atoms with Gasteiger partial charge in [0.05, 0.1) is 11.8 Å². The molecule has 2 aromatic heterocycles. The average Bonchev–Trinajstić information content (AvgIpc) is 3.92. The van der Waals surface area contributed by atoms with Crippen molar-refractivity contribution in [1.29, 1.82) is 0 Å². The monoisotopic (exact) mass is 804 g/mol. The zero-order valence-electron chi connectivity index (χ0n) is 30.6. The van der Waals surface area contributed by atoms with Crippen molar-refractivity contribution in [2.45, 2.75) is 86.4 Å². The molecule has 3 heterocycles. The minimum absolute atomic E-state index is 0.0701. The second-order valence-corrected chi connectivity index (χ2v) is 17.7. The molecular formula is C39H44N6O9S2. The lowest BCUT2D eigenvalue weighted by atomic mass is 10.1. The first-order chi connectivity index (χ1) is 26.8. The van der Waals surface area contributed by atoms with Crippen LogP contribution < -0.4 is 20.1 Å². The minimum atomic E-state index is -3.95. The first-order valence-electron chi connectivity index (χ1n) is 18.7. The van der Waals surface area contributed by atoms with Crippen LogP contribution in [0, 0.1) is 5.92 Å². The van der Waals surface area contributed by atoms with E-state index in [0.717, 1.165) is 39.6 Å². The summed E-state index contributed by atoms with van der Waals surface area (Å²) in [4.78, 5) is 75.8. The van der Waals surface area contributed by atoms with E-state index in [9.17, 15) is 37.5 Å². The van der Waals surface area contributed by atoms with Crippen LogP contribution >= 0.6 is 11.3 Å². The maximum Gasteiger partial charge on any atom is 0.408 e. The fourth-order valence-corrected chi connectivity index (χ4v) is 9.96. The van der Waals surface area contributed by atoms with Gasteiger partial charge in [0, 0.05) is 41.4 Å². The first kappa shape index (κ1) is 39.0.